The van der Waals surface area contributed by atoms with Gasteiger partial charge in [-0.05, 0) is 47.9 Å². The molecule has 2 N–H and O–H groups in total. The Balaban J connectivity index is 1.42. The zero-order valence-corrected chi connectivity index (χ0v) is 14.3. The molecule has 2 heterocycles. The minimum atomic E-state index is -0.193. The van der Waals surface area contributed by atoms with Crippen LogP contribution in [0.15, 0.2) is 54.6 Å². The highest BCUT2D eigenvalue weighted by Crippen LogP contribution is 2.21. The molecule has 0 atom stereocenters. The normalized spacial score (nSPS) is 14.9. The van der Waals surface area contributed by atoms with E-state index in [0.717, 1.165) is 23.9 Å². The summed E-state index contributed by atoms with van der Waals surface area (Å²) in [6.45, 7) is 1.37. The maximum atomic E-state index is 12.3. The molecule has 1 aliphatic rings. The van der Waals surface area contributed by atoms with Gasteiger partial charge in [0.05, 0.1) is 0 Å². The van der Waals surface area contributed by atoms with Crippen molar-refractivity contribution in [3.05, 3.63) is 60.3 Å². The van der Waals surface area contributed by atoms with Crippen LogP contribution in [0.5, 0.6) is 0 Å². The second kappa shape index (κ2) is 7.49. The van der Waals surface area contributed by atoms with Gasteiger partial charge in [0.25, 0.3) is 5.91 Å². The molecule has 0 unspecified atom stereocenters. The molecule has 1 aromatic heterocycles. The highest BCUT2D eigenvalue weighted by atomic mass is 16.5. The maximum absolute atomic E-state index is 12.3. The van der Waals surface area contributed by atoms with Crippen LogP contribution >= 0.6 is 0 Å². The van der Waals surface area contributed by atoms with Crippen molar-refractivity contribution in [1.82, 2.24) is 15.5 Å². The lowest BCUT2D eigenvalue weighted by Crippen LogP contribution is -2.39. The Labute approximate surface area is 151 Å². The number of carbonyl (C=O) groups excluding carboxylic acids is 1. The standard InChI is InChI=1S/C20H20N4O2/c25-20(22-16-9-11-26-12-10-16)18-7-8-19(24-23-18)21-17-6-5-14-3-1-2-4-15(14)13-17/h1-8,13,16H,9-12H2,(H,21,24)(H,22,25). The Kier molecular flexibility index (Phi) is 4.75. The van der Waals surface area contributed by atoms with Crippen LogP contribution in [-0.2, 0) is 4.74 Å². The van der Waals surface area contributed by atoms with Gasteiger partial charge in [0.2, 0.25) is 0 Å². The first-order chi connectivity index (χ1) is 12.8. The summed E-state index contributed by atoms with van der Waals surface area (Å²) in [5, 5.41) is 16.7. The first-order valence-electron chi connectivity index (χ1n) is 8.76. The average molecular weight is 348 g/mol. The fourth-order valence-corrected chi connectivity index (χ4v) is 3.04. The van der Waals surface area contributed by atoms with Crippen LogP contribution < -0.4 is 10.6 Å². The lowest BCUT2D eigenvalue weighted by molar-refractivity contribution is 0.0693. The molecule has 0 aliphatic carbocycles. The van der Waals surface area contributed by atoms with Gasteiger partial charge in [0, 0.05) is 24.9 Å². The fraction of sp³-hybridized carbons (Fsp3) is 0.250. The van der Waals surface area contributed by atoms with Crippen LogP contribution in [0.1, 0.15) is 23.3 Å². The largest absolute Gasteiger partial charge is 0.381 e. The van der Waals surface area contributed by atoms with Gasteiger partial charge in [0.15, 0.2) is 11.5 Å². The lowest BCUT2D eigenvalue weighted by atomic mass is 10.1. The molecule has 6 heteroatoms. The molecule has 26 heavy (non-hydrogen) atoms. The molecule has 2 aromatic carbocycles. The van der Waals surface area contributed by atoms with Crippen molar-refractivity contribution < 1.29 is 9.53 Å². The SMILES string of the molecule is O=C(NC1CCOCC1)c1ccc(Nc2ccc3ccccc3c2)nn1. The van der Waals surface area contributed by atoms with E-state index in [9.17, 15) is 4.79 Å². The van der Waals surface area contributed by atoms with Gasteiger partial charge in [-0.1, -0.05) is 30.3 Å². The first kappa shape index (κ1) is 16.5. The van der Waals surface area contributed by atoms with E-state index in [0.29, 0.717) is 24.7 Å². The predicted molar refractivity (Wildman–Crippen MR) is 101 cm³/mol. The molecular weight excluding hydrogens is 328 g/mol. The molecule has 1 amide bonds. The number of anilines is 2. The number of aromatic nitrogens is 2. The minimum absolute atomic E-state index is 0.147. The van der Waals surface area contributed by atoms with E-state index in [4.69, 9.17) is 4.74 Å². The topological polar surface area (TPSA) is 76.1 Å². The van der Waals surface area contributed by atoms with Crippen LogP contribution in [0.2, 0.25) is 0 Å². The summed E-state index contributed by atoms with van der Waals surface area (Å²) in [5.41, 5.74) is 1.25. The molecule has 0 bridgehead atoms. The van der Waals surface area contributed by atoms with Crippen LogP contribution in [0.3, 0.4) is 0 Å². The van der Waals surface area contributed by atoms with Crippen LogP contribution in [0.4, 0.5) is 11.5 Å². The van der Waals surface area contributed by atoms with Crippen molar-refractivity contribution in [2.24, 2.45) is 0 Å². The number of nitrogens with zero attached hydrogens (tertiary/aromatic N) is 2. The third-order valence-electron chi connectivity index (χ3n) is 4.48. The van der Waals surface area contributed by atoms with Crippen molar-refractivity contribution in [3.63, 3.8) is 0 Å². The number of hydrogen-bond donors (Lipinski definition) is 2. The third kappa shape index (κ3) is 3.81. The number of nitrogens with one attached hydrogen (secondary N) is 2. The zero-order valence-electron chi connectivity index (χ0n) is 14.3. The molecule has 6 nitrogen and oxygen atoms in total. The lowest BCUT2D eigenvalue weighted by Gasteiger charge is -2.22. The van der Waals surface area contributed by atoms with Crippen LogP contribution in [0, 0.1) is 0 Å². The predicted octanol–water partition coefficient (Wildman–Crippen LogP) is 3.28. The zero-order chi connectivity index (χ0) is 17.8. The Bertz CT molecular complexity index is 905. The van der Waals surface area contributed by atoms with Crippen LogP contribution in [0.25, 0.3) is 10.8 Å². The Hall–Kier alpha value is -2.99. The third-order valence-corrected chi connectivity index (χ3v) is 4.48. The van der Waals surface area contributed by atoms with Crippen molar-refractivity contribution in [2.75, 3.05) is 18.5 Å². The number of ether oxygens (including phenoxy) is 1. The molecule has 4 rings (SSSR count). The van der Waals surface area contributed by atoms with E-state index < -0.39 is 0 Å². The molecule has 1 aliphatic heterocycles. The fourth-order valence-electron chi connectivity index (χ4n) is 3.04. The van der Waals surface area contributed by atoms with E-state index in [2.05, 4.69) is 45.1 Å². The molecular formula is C20H20N4O2. The molecule has 0 saturated carbocycles. The highest BCUT2D eigenvalue weighted by Gasteiger charge is 2.18. The van der Waals surface area contributed by atoms with Gasteiger partial charge in [-0.2, -0.15) is 0 Å². The molecule has 1 saturated heterocycles. The second-order valence-electron chi connectivity index (χ2n) is 6.35. The van der Waals surface area contributed by atoms with Crippen LogP contribution in [-0.4, -0.2) is 35.4 Å². The number of rotatable bonds is 4. The maximum Gasteiger partial charge on any atom is 0.272 e. The summed E-state index contributed by atoms with van der Waals surface area (Å²) >= 11 is 0. The van der Waals surface area contributed by atoms with E-state index in [-0.39, 0.29) is 11.9 Å². The summed E-state index contributed by atoms with van der Waals surface area (Å²) in [5.74, 6) is 0.407. The first-order valence-corrected chi connectivity index (χ1v) is 8.76. The summed E-state index contributed by atoms with van der Waals surface area (Å²) in [7, 11) is 0. The van der Waals surface area contributed by atoms with Crippen molar-refractivity contribution in [2.45, 2.75) is 18.9 Å². The molecule has 3 aromatic rings. The van der Waals surface area contributed by atoms with Gasteiger partial charge in [0.1, 0.15) is 0 Å². The summed E-state index contributed by atoms with van der Waals surface area (Å²) in [4.78, 5) is 12.3. The average Bonchev–Trinajstić information content (AvgIpc) is 2.69. The van der Waals surface area contributed by atoms with Gasteiger partial charge in [-0.3, -0.25) is 4.79 Å². The summed E-state index contributed by atoms with van der Waals surface area (Å²) in [6.07, 6.45) is 1.67. The van der Waals surface area contributed by atoms with E-state index in [1.807, 2.05) is 18.2 Å². The highest BCUT2D eigenvalue weighted by molar-refractivity contribution is 5.92. The van der Waals surface area contributed by atoms with Gasteiger partial charge in [-0.15, -0.1) is 10.2 Å². The molecule has 0 radical (unpaired) electrons. The molecule has 1 fully saturated rings. The summed E-state index contributed by atoms with van der Waals surface area (Å²) in [6, 6.07) is 17.9. The number of carbonyl (C=O) groups is 1. The van der Waals surface area contributed by atoms with Crippen molar-refractivity contribution >= 4 is 28.2 Å². The van der Waals surface area contributed by atoms with Gasteiger partial charge < -0.3 is 15.4 Å². The summed E-state index contributed by atoms with van der Waals surface area (Å²) < 4.78 is 5.30. The molecule has 132 valence electrons. The quantitative estimate of drug-likeness (QED) is 0.757. The smallest absolute Gasteiger partial charge is 0.272 e. The van der Waals surface area contributed by atoms with Crippen molar-refractivity contribution in [3.8, 4) is 0 Å². The van der Waals surface area contributed by atoms with Gasteiger partial charge >= 0.3 is 0 Å². The number of amides is 1. The second-order valence-corrected chi connectivity index (χ2v) is 6.35. The molecule has 0 spiro atoms. The van der Waals surface area contributed by atoms with Crippen molar-refractivity contribution in [1.29, 1.82) is 0 Å². The monoisotopic (exact) mass is 348 g/mol. The van der Waals surface area contributed by atoms with E-state index in [1.165, 1.54) is 5.39 Å². The number of benzene rings is 2. The Morgan fingerprint density at radius 1 is 0.962 bits per heavy atom. The Morgan fingerprint density at radius 3 is 2.54 bits per heavy atom. The number of fused-ring (bicyclic) bond motifs is 1. The van der Waals surface area contributed by atoms with E-state index in [1.54, 1.807) is 12.1 Å². The van der Waals surface area contributed by atoms with E-state index >= 15 is 0 Å². The Morgan fingerprint density at radius 2 is 1.77 bits per heavy atom. The van der Waals surface area contributed by atoms with Gasteiger partial charge in [-0.25, -0.2) is 0 Å². The number of hydrogen-bond acceptors (Lipinski definition) is 5. The minimum Gasteiger partial charge on any atom is -0.381 e.